The van der Waals surface area contributed by atoms with Gasteiger partial charge in [-0.3, -0.25) is 0 Å². The molecule has 0 heterocycles. The third kappa shape index (κ3) is 14.2. The maximum absolute atomic E-state index is 10.6. The van der Waals surface area contributed by atoms with Crippen LogP contribution in [0.2, 0.25) is 0 Å². The van der Waals surface area contributed by atoms with Crippen LogP contribution >= 0.6 is 10.7 Å². The van der Waals surface area contributed by atoms with Gasteiger partial charge in [0.2, 0.25) is 9.05 Å². The molecule has 0 spiro atoms. The van der Waals surface area contributed by atoms with E-state index < -0.39 is 9.05 Å². The number of hydrogen-bond donors (Lipinski definition) is 0. The third-order valence-corrected chi connectivity index (χ3v) is 3.24. The van der Waals surface area contributed by atoms with E-state index in [1.165, 1.54) is 6.42 Å². The van der Waals surface area contributed by atoms with Crippen LogP contribution in [0.1, 0.15) is 39.5 Å². The lowest BCUT2D eigenvalue weighted by Crippen LogP contribution is -2.02. The number of unbranched alkanes of at least 4 members (excludes halogenated alkanes) is 1. The molecular formula is C10H21ClO3S. The first-order valence-corrected chi connectivity index (χ1v) is 7.90. The predicted molar refractivity (Wildman–Crippen MR) is 63.8 cm³/mol. The van der Waals surface area contributed by atoms with Crippen molar-refractivity contribution >= 4 is 19.7 Å². The SMILES string of the molecule is CC(C)CCCOCCCCS(=O)(=O)Cl. The number of rotatable bonds is 9. The Balaban J connectivity index is 3.12. The summed E-state index contributed by atoms with van der Waals surface area (Å²) >= 11 is 0. The topological polar surface area (TPSA) is 43.4 Å². The van der Waals surface area contributed by atoms with Crippen LogP contribution in [-0.2, 0) is 13.8 Å². The smallest absolute Gasteiger partial charge is 0.232 e. The van der Waals surface area contributed by atoms with E-state index in [1.807, 2.05) is 0 Å². The second-order valence-corrected chi connectivity index (χ2v) is 7.00. The molecule has 0 fully saturated rings. The zero-order valence-electron chi connectivity index (χ0n) is 9.54. The van der Waals surface area contributed by atoms with Gasteiger partial charge in [0.1, 0.15) is 0 Å². The minimum Gasteiger partial charge on any atom is -0.381 e. The maximum atomic E-state index is 10.6. The van der Waals surface area contributed by atoms with Crippen molar-refractivity contribution in [2.75, 3.05) is 19.0 Å². The van der Waals surface area contributed by atoms with E-state index in [0.29, 0.717) is 13.0 Å². The van der Waals surface area contributed by atoms with Crippen molar-refractivity contribution in [1.82, 2.24) is 0 Å². The minimum atomic E-state index is -3.32. The molecule has 0 aliphatic heterocycles. The molecule has 5 heteroatoms. The highest BCUT2D eigenvalue weighted by atomic mass is 35.7. The molecule has 0 bridgehead atoms. The lowest BCUT2D eigenvalue weighted by Gasteiger charge is -2.05. The van der Waals surface area contributed by atoms with Crippen molar-refractivity contribution in [3.05, 3.63) is 0 Å². The van der Waals surface area contributed by atoms with E-state index >= 15 is 0 Å². The molecule has 0 radical (unpaired) electrons. The summed E-state index contributed by atoms with van der Waals surface area (Å²) in [6, 6.07) is 0. The second kappa shape index (κ2) is 8.36. The highest BCUT2D eigenvalue weighted by molar-refractivity contribution is 8.13. The molecule has 0 aliphatic rings. The van der Waals surface area contributed by atoms with Crippen molar-refractivity contribution < 1.29 is 13.2 Å². The predicted octanol–water partition coefficient (Wildman–Crippen LogP) is 2.79. The summed E-state index contributed by atoms with van der Waals surface area (Å²) in [5, 5.41) is 0. The Labute approximate surface area is 97.6 Å². The first-order chi connectivity index (χ1) is 6.92. The Morgan fingerprint density at radius 2 is 1.73 bits per heavy atom. The summed E-state index contributed by atoms with van der Waals surface area (Å²) < 4.78 is 26.5. The van der Waals surface area contributed by atoms with E-state index in [0.717, 1.165) is 25.4 Å². The molecule has 0 unspecified atom stereocenters. The van der Waals surface area contributed by atoms with Gasteiger partial charge in [-0.25, -0.2) is 8.42 Å². The Bertz CT molecular complexity index is 237. The Kier molecular flexibility index (Phi) is 8.47. The lowest BCUT2D eigenvalue weighted by molar-refractivity contribution is 0.125. The molecule has 0 amide bonds. The lowest BCUT2D eigenvalue weighted by atomic mass is 10.1. The Morgan fingerprint density at radius 3 is 2.27 bits per heavy atom. The molecule has 0 aromatic carbocycles. The summed E-state index contributed by atoms with van der Waals surface area (Å²) in [6.45, 7) is 5.77. The van der Waals surface area contributed by atoms with E-state index in [1.54, 1.807) is 0 Å². The van der Waals surface area contributed by atoms with Crippen LogP contribution in [0, 0.1) is 5.92 Å². The number of hydrogen-bond acceptors (Lipinski definition) is 3. The van der Waals surface area contributed by atoms with Gasteiger partial charge in [-0.15, -0.1) is 0 Å². The van der Waals surface area contributed by atoms with Crippen LogP contribution in [0.25, 0.3) is 0 Å². The van der Waals surface area contributed by atoms with E-state index in [4.69, 9.17) is 15.4 Å². The summed E-state index contributed by atoms with van der Waals surface area (Å²) in [7, 11) is 1.75. The molecule has 0 saturated heterocycles. The first kappa shape index (κ1) is 15.2. The molecule has 0 aliphatic carbocycles. The molecule has 0 aromatic rings. The van der Waals surface area contributed by atoms with Gasteiger partial charge in [0, 0.05) is 23.9 Å². The van der Waals surface area contributed by atoms with Gasteiger partial charge >= 0.3 is 0 Å². The van der Waals surface area contributed by atoms with Crippen LogP contribution in [-0.4, -0.2) is 27.4 Å². The van der Waals surface area contributed by atoms with Crippen LogP contribution < -0.4 is 0 Å². The van der Waals surface area contributed by atoms with Crippen LogP contribution in [0.5, 0.6) is 0 Å². The minimum absolute atomic E-state index is 0.0455. The molecule has 0 rings (SSSR count). The molecule has 0 N–H and O–H groups in total. The van der Waals surface area contributed by atoms with Gasteiger partial charge in [0.05, 0.1) is 5.75 Å². The monoisotopic (exact) mass is 256 g/mol. The van der Waals surface area contributed by atoms with Crippen molar-refractivity contribution in [3.8, 4) is 0 Å². The average Bonchev–Trinajstić information content (AvgIpc) is 2.07. The van der Waals surface area contributed by atoms with Crippen molar-refractivity contribution in [2.24, 2.45) is 5.92 Å². The summed E-state index contributed by atoms with van der Waals surface area (Å²) in [4.78, 5) is 0. The molecule has 0 atom stereocenters. The van der Waals surface area contributed by atoms with Gasteiger partial charge in [-0.05, 0) is 31.6 Å². The van der Waals surface area contributed by atoms with Gasteiger partial charge in [-0.1, -0.05) is 13.8 Å². The van der Waals surface area contributed by atoms with E-state index in [2.05, 4.69) is 13.8 Å². The van der Waals surface area contributed by atoms with Crippen molar-refractivity contribution in [1.29, 1.82) is 0 Å². The summed E-state index contributed by atoms with van der Waals surface area (Å²) in [5.74, 6) is 0.763. The quantitative estimate of drug-likeness (QED) is 0.471. The van der Waals surface area contributed by atoms with E-state index in [-0.39, 0.29) is 5.75 Å². The third-order valence-electron chi connectivity index (χ3n) is 2.00. The maximum Gasteiger partial charge on any atom is 0.232 e. The highest BCUT2D eigenvalue weighted by Gasteiger charge is 2.03. The zero-order valence-corrected chi connectivity index (χ0v) is 11.1. The fraction of sp³-hybridized carbons (Fsp3) is 1.00. The van der Waals surface area contributed by atoms with E-state index in [9.17, 15) is 8.42 Å². The Morgan fingerprint density at radius 1 is 1.13 bits per heavy atom. The second-order valence-electron chi connectivity index (χ2n) is 4.10. The van der Waals surface area contributed by atoms with Gasteiger partial charge in [-0.2, -0.15) is 0 Å². The van der Waals surface area contributed by atoms with Crippen molar-refractivity contribution in [2.45, 2.75) is 39.5 Å². The van der Waals surface area contributed by atoms with Gasteiger partial charge < -0.3 is 4.74 Å². The molecule has 15 heavy (non-hydrogen) atoms. The Hall–Kier alpha value is 0.200. The van der Waals surface area contributed by atoms with Crippen LogP contribution in [0.4, 0.5) is 0 Å². The molecule has 0 aromatic heterocycles. The number of halogens is 1. The van der Waals surface area contributed by atoms with Crippen LogP contribution in [0.3, 0.4) is 0 Å². The van der Waals surface area contributed by atoms with Gasteiger partial charge in [0.15, 0.2) is 0 Å². The standard InChI is InChI=1S/C10H21ClO3S/c1-10(2)6-5-8-14-7-3-4-9-15(11,12)13/h10H,3-9H2,1-2H3. The van der Waals surface area contributed by atoms with Gasteiger partial charge in [0.25, 0.3) is 0 Å². The molecule has 0 saturated carbocycles. The van der Waals surface area contributed by atoms with Crippen molar-refractivity contribution in [3.63, 3.8) is 0 Å². The fourth-order valence-corrected chi connectivity index (χ4v) is 2.05. The molecule has 92 valence electrons. The fourth-order valence-electron chi connectivity index (χ4n) is 1.17. The van der Waals surface area contributed by atoms with Crippen LogP contribution in [0.15, 0.2) is 0 Å². The zero-order chi connectivity index (χ0) is 11.7. The summed E-state index contributed by atoms with van der Waals surface area (Å²) in [6.07, 6.45) is 3.59. The largest absolute Gasteiger partial charge is 0.381 e. The normalized spacial score (nSPS) is 12.3. The average molecular weight is 257 g/mol. The molecular weight excluding hydrogens is 236 g/mol. The molecule has 3 nitrogen and oxygen atoms in total. The first-order valence-electron chi connectivity index (χ1n) is 5.42. The number of ether oxygens (including phenoxy) is 1. The summed E-state index contributed by atoms with van der Waals surface area (Å²) in [5.41, 5.74) is 0. The highest BCUT2D eigenvalue weighted by Crippen LogP contribution is 2.04.